The van der Waals surface area contributed by atoms with Gasteiger partial charge in [0.15, 0.2) is 11.7 Å². The van der Waals surface area contributed by atoms with Crippen LogP contribution in [0.15, 0.2) is 53.0 Å². The summed E-state index contributed by atoms with van der Waals surface area (Å²) in [6, 6.07) is 13.8. The Hall–Kier alpha value is -3.26. The number of nitrogens with one attached hydrogen (secondary N) is 1. The molecule has 0 fully saturated rings. The fourth-order valence-electron chi connectivity index (χ4n) is 2.24. The molecular formula is C18H15N3O4S. The maximum atomic E-state index is 11.8. The summed E-state index contributed by atoms with van der Waals surface area (Å²) in [7, 11) is 0. The van der Waals surface area contributed by atoms with Gasteiger partial charge in [-0.15, -0.1) is 11.3 Å². The van der Waals surface area contributed by atoms with Crippen molar-refractivity contribution < 1.29 is 19.5 Å². The number of rotatable bonds is 7. The number of fused-ring (bicyclic) bond motifs is 1. The molecule has 0 aliphatic heterocycles. The molecule has 0 aliphatic carbocycles. The summed E-state index contributed by atoms with van der Waals surface area (Å²) >= 11 is 1.16. The third-order valence-electron chi connectivity index (χ3n) is 3.38. The number of hydrogen-bond acceptors (Lipinski definition) is 6. The van der Waals surface area contributed by atoms with E-state index in [4.69, 9.17) is 9.94 Å². The van der Waals surface area contributed by atoms with Crippen molar-refractivity contribution in [3.8, 4) is 0 Å². The third kappa shape index (κ3) is 4.87. The maximum Gasteiger partial charge on any atom is 0.309 e. The Labute approximate surface area is 152 Å². The Morgan fingerprint density at radius 2 is 2.04 bits per heavy atom. The number of carboxylic acid groups (broad SMARTS) is 1. The molecule has 0 unspecified atom stereocenters. The number of thiazole rings is 1. The molecular weight excluding hydrogens is 354 g/mol. The fraction of sp³-hybridized carbons (Fsp3) is 0.111. The molecule has 0 saturated carbocycles. The molecule has 3 rings (SSSR count). The lowest BCUT2D eigenvalue weighted by Crippen LogP contribution is -2.17. The molecule has 0 spiro atoms. The van der Waals surface area contributed by atoms with E-state index in [1.165, 1.54) is 6.21 Å². The number of aliphatic carboxylic acids is 1. The average Bonchev–Trinajstić information content (AvgIpc) is 3.04. The zero-order valence-electron chi connectivity index (χ0n) is 13.6. The smallest absolute Gasteiger partial charge is 0.309 e. The molecule has 2 N–H and O–H groups in total. The lowest BCUT2D eigenvalue weighted by molar-refractivity contribution is -0.136. The lowest BCUT2D eigenvalue weighted by Gasteiger charge is -2.01. The summed E-state index contributed by atoms with van der Waals surface area (Å²) in [6.07, 6.45) is 1.35. The first-order chi connectivity index (χ1) is 12.6. The van der Waals surface area contributed by atoms with Gasteiger partial charge in [-0.1, -0.05) is 41.6 Å². The van der Waals surface area contributed by atoms with Crippen molar-refractivity contribution in [1.29, 1.82) is 0 Å². The highest BCUT2D eigenvalue weighted by Crippen LogP contribution is 2.16. The third-order valence-corrected chi connectivity index (χ3v) is 4.18. The number of oxime groups is 1. The first-order valence-electron chi connectivity index (χ1n) is 7.70. The van der Waals surface area contributed by atoms with E-state index in [1.54, 1.807) is 5.38 Å². The number of benzene rings is 2. The van der Waals surface area contributed by atoms with Gasteiger partial charge in [-0.05, 0) is 22.4 Å². The second-order valence-electron chi connectivity index (χ2n) is 5.38. The van der Waals surface area contributed by atoms with E-state index < -0.39 is 11.9 Å². The van der Waals surface area contributed by atoms with E-state index in [9.17, 15) is 9.59 Å². The van der Waals surface area contributed by atoms with Crippen molar-refractivity contribution in [2.75, 3.05) is 11.9 Å². The highest BCUT2D eigenvalue weighted by atomic mass is 32.1. The first-order valence-corrected chi connectivity index (χ1v) is 8.58. The second kappa shape index (κ2) is 8.21. The van der Waals surface area contributed by atoms with Crippen LogP contribution in [0.4, 0.5) is 5.13 Å². The molecule has 0 aliphatic rings. The quantitative estimate of drug-likeness (QED) is 0.493. The van der Waals surface area contributed by atoms with Gasteiger partial charge in [0.2, 0.25) is 0 Å². The number of aromatic nitrogens is 1. The van der Waals surface area contributed by atoms with Gasteiger partial charge in [-0.3, -0.25) is 14.9 Å². The van der Waals surface area contributed by atoms with Crippen molar-refractivity contribution in [2.45, 2.75) is 6.42 Å². The fourth-order valence-corrected chi connectivity index (χ4v) is 2.96. The molecule has 0 saturated heterocycles. The zero-order valence-corrected chi connectivity index (χ0v) is 14.4. The summed E-state index contributed by atoms with van der Waals surface area (Å²) in [5.74, 6) is -1.39. The summed E-state index contributed by atoms with van der Waals surface area (Å²) < 4.78 is 0. The molecule has 1 aromatic heterocycles. The molecule has 0 radical (unpaired) electrons. The largest absolute Gasteiger partial charge is 0.481 e. The van der Waals surface area contributed by atoms with Gasteiger partial charge in [0.25, 0.3) is 5.91 Å². The molecule has 2 aromatic carbocycles. The Bertz CT molecular complexity index is 968. The molecule has 1 heterocycles. The average molecular weight is 369 g/mol. The van der Waals surface area contributed by atoms with Crippen LogP contribution in [0.2, 0.25) is 0 Å². The lowest BCUT2D eigenvalue weighted by atomic mass is 10.1. The number of amides is 1. The van der Waals surface area contributed by atoms with E-state index in [1.807, 2.05) is 42.5 Å². The van der Waals surface area contributed by atoms with Crippen LogP contribution in [0.3, 0.4) is 0 Å². The molecule has 132 valence electrons. The number of carboxylic acids is 1. The van der Waals surface area contributed by atoms with Gasteiger partial charge >= 0.3 is 5.97 Å². The van der Waals surface area contributed by atoms with Gasteiger partial charge in [0, 0.05) is 5.38 Å². The van der Waals surface area contributed by atoms with E-state index >= 15 is 0 Å². The molecule has 0 bridgehead atoms. The molecule has 1 amide bonds. The maximum absolute atomic E-state index is 11.8. The van der Waals surface area contributed by atoms with E-state index in [-0.39, 0.29) is 13.0 Å². The van der Waals surface area contributed by atoms with Crippen molar-refractivity contribution in [3.63, 3.8) is 0 Å². The summed E-state index contributed by atoms with van der Waals surface area (Å²) in [5.41, 5.74) is 1.26. The SMILES string of the molecule is O=C(O)Cc1csc(NC(=O)CO/N=C/c2ccc3ccccc3c2)n1. The predicted molar refractivity (Wildman–Crippen MR) is 99.6 cm³/mol. The number of carbonyl (C=O) groups excluding carboxylic acids is 1. The molecule has 0 atom stereocenters. The Morgan fingerprint density at radius 3 is 2.85 bits per heavy atom. The summed E-state index contributed by atoms with van der Waals surface area (Å²) in [4.78, 5) is 31.4. The van der Waals surface area contributed by atoms with Gasteiger partial charge in [-0.2, -0.15) is 0 Å². The van der Waals surface area contributed by atoms with Crippen LogP contribution in [-0.4, -0.2) is 34.8 Å². The number of carbonyl (C=O) groups is 2. The van der Waals surface area contributed by atoms with Crippen LogP contribution in [0.1, 0.15) is 11.3 Å². The molecule has 3 aromatic rings. The Balaban J connectivity index is 1.48. The van der Waals surface area contributed by atoms with Crippen molar-refractivity contribution in [3.05, 3.63) is 59.1 Å². The zero-order chi connectivity index (χ0) is 18.4. The topological polar surface area (TPSA) is 101 Å². The molecule has 8 heteroatoms. The monoisotopic (exact) mass is 369 g/mol. The van der Waals surface area contributed by atoms with Gasteiger partial charge in [-0.25, -0.2) is 4.98 Å². The minimum atomic E-state index is -0.973. The Kier molecular flexibility index (Phi) is 5.55. The summed E-state index contributed by atoms with van der Waals surface area (Å²) in [5, 5.41) is 19.2. The van der Waals surface area contributed by atoms with Crippen molar-refractivity contribution in [1.82, 2.24) is 4.98 Å². The van der Waals surface area contributed by atoms with Gasteiger partial charge in [0.1, 0.15) is 0 Å². The van der Waals surface area contributed by atoms with Crippen LogP contribution in [0.25, 0.3) is 10.8 Å². The van der Waals surface area contributed by atoms with E-state index in [0.29, 0.717) is 10.8 Å². The second-order valence-corrected chi connectivity index (χ2v) is 6.24. The normalized spacial score (nSPS) is 10.9. The number of anilines is 1. The predicted octanol–water partition coefficient (Wildman–Crippen LogP) is 2.91. The van der Waals surface area contributed by atoms with Crippen LogP contribution in [-0.2, 0) is 20.8 Å². The van der Waals surface area contributed by atoms with Gasteiger partial charge < -0.3 is 9.94 Å². The minimum absolute atomic E-state index is 0.182. The standard InChI is InChI=1S/C18H15N3O4S/c22-16(21-18-20-15(11-26-18)8-17(23)24)10-25-19-9-12-5-6-13-3-1-2-4-14(13)7-12/h1-7,9,11H,8,10H2,(H,23,24)(H,20,21,22)/b19-9+. The number of nitrogens with zero attached hydrogens (tertiary/aromatic N) is 2. The first kappa shape index (κ1) is 17.6. The van der Waals surface area contributed by atoms with E-state index in [2.05, 4.69) is 15.5 Å². The van der Waals surface area contributed by atoms with Crippen molar-refractivity contribution in [2.24, 2.45) is 5.16 Å². The van der Waals surface area contributed by atoms with Crippen molar-refractivity contribution >= 4 is 45.3 Å². The highest BCUT2D eigenvalue weighted by Gasteiger charge is 2.09. The molecule has 26 heavy (non-hydrogen) atoms. The van der Waals surface area contributed by atoms with Crippen LogP contribution >= 0.6 is 11.3 Å². The van der Waals surface area contributed by atoms with Crippen LogP contribution in [0.5, 0.6) is 0 Å². The number of hydrogen-bond donors (Lipinski definition) is 2. The summed E-state index contributed by atoms with van der Waals surface area (Å²) in [6.45, 7) is -0.266. The van der Waals surface area contributed by atoms with Crippen LogP contribution in [0, 0.1) is 0 Å². The minimum Gasteiger partial charge on any atom is -0.481 e. The van der Waals surface area contributed by atoms with Gasteiger partial charge in [0.05, 0.1) is 18.3 Å². The van der Waals surface area contributed by atoms with E-state index in [0.717, 1.165) is 27.7 Å². The van der Waals surface area contributed by atoms with Crippen LogP contribution < -0.4 is 5.32 Å². The Morgan fingerprint density at radius 1 is 1.23 bits per heavy atom. The highest BCUT2D eigenvalue weighted by molar-refractivity contribution is 7.13. The molecule has 7 nitrogen and oxygen atoms in total.